The number of aromatic nitrogens is 1. The standard InChI is InChI=1S/C19H24N4O3/c1-14-13-16(15-7-6-8-17(23(25)26)19(15)21-14)20-10-9-18(24)22-11-4-2-3-5-12-22/h6-8,13H,2-5,9-12H2,1H3,(H,20,21). The summed E-state index contributed by atoms with van der Waals surface area (Å²) in [5, 5.41) is 15.2. The number of likely N-dealkylation sites (tertiary alicyclic amines) is 1. The molecule has 0 bridgehead atoms. The second-order valence-electron chi connectivity index (χ2n) is 6.71. The van der Waals surface area contributed by atoms with E-state index in [-0.39, 0.29) is 11.6 Å². The first-order valence-corrected chi connectivity index (χ1v) is 9.12. The molecule has 138 valence electrons. The van der Waals surface area contributed by atoms with E-state index in [9.17, 15) is 14.9 Å². The average molecular weight is 356 g/mol. The third-order valence-corrected chi connectivity index (χ3v) is 4.76. The molecule has 1 saturated heterocycles. The second kappa shape index (κ2) is 8.12. The molecule has 1 aromatic carbocycles. The molecule has 0 atom stereocenters. The largest absolute Gasteiger partial charge is 0.384 e. The molecule has 1 fully saturated rings. The molecule has 1 aliphatic heterocycles. The van der Waals surface area contributed by atoms with Gasteiger partial charge in [0.25, 0.3) is 5.69 Å². The Morgan fingerprint density at radius 2 is 2.00 bits per heavy atom. The minimum atomic E-state index is -0.415. The van der Waals surface area contributed by atoms with Crippen LogP contribution < -0.4 is 5.32 Å². The lowest BCUT2D eigenvalue weighted by Gasteiger charge is -2.20. The quantitative estimate of drug-likeness (QED) is 0.652. The Morgan fingerprint density at radius 1 is 1.27 bits per heavy atom. The molecule has 2 aromatic rings. The van der Waals surface area contributed by atoms with Gasteiger partial charge in [-0.3, -0.25) is 14.9 Å². The van der Waals surface area contributed by atoms with Crippen LogP contribution in [0.5, 0.6) is 0 Å². The summed E-state index contributed by atoms with van der Waals surface area (Å²) in [6.07, 6.45) is 4.97. The highest BCUT2D eigenvalue weighted by atomic mass is 16.6. The smallest absolute Gasteiger partial charge is 0.295 e. The molecule has 1 aliphatic rings. The van der Waals surface area contributed by atoms with Gasteiger partial charge in [-0.15, -0.1) is 0 Å². The van der Waals surface area contributed by atoms with Crippen molar-refractivity contribution in [3.63, 3.8) is 0 Å². The van der Waals surface area contributed by atoms with Gasteiger partial charge in [-0.25, -0.2) is 4.98 Å². The van der Waals surface area contributed by atoms with Crippen LogP contribution in [0.15, 0.2) is 24.3 Å². The first-order valence-electron chi connectivity index (χ1n) is 9.12. The zero-order valence-electron chi connectivity index (χ0n) is 15.0. The number of carbonyl (C=O) groups is 1. The maximum absolute atomic E-state index is 12.4. The number of amides is 1. The van der Waals surface area contributed by atoms with Crippen molar-refractivity contribution in [2.45, 2.75) is 39.0 Å². The van der Waals surface area contributed by atoms with Gasteiger partial charge in [0, 0.05) is 48.9 Å². The number of rotatable bonds is 5. The number of benzene rings is 1. The molecule has 26 heavy (non-hydrogen) atoms. The van der Waals surface area contributed by atoms with Crippen molar-refractivity contribution in [1.29, 1.82) is 0 Å². The van der Waals surface area contributed by atoms with E-state index in [1.165, 1.54) is 18.9 Å². The van der Waals surface area contributed by atoms with Gasteiger partial charge in [-0.1, -0.05) is 25.0 Å². The zero-order chi connectivity index (χ0) is 18.5. The van der Waals surface area contributed by atoms with Crippen LogP contribution in [0.3, 0.4) is 0 Å². The highest BCUT2D eigenvalue weighted by Crippen LogP contribution is 2.29. The summed E-state index contributed by atoms with van der Waals surface area (Å²) in [6, 6.07) is 6.79. The highest BCUT2D eigenvalue weighted by molar-refractivity contribution is 5.96. The van der Waals surface area contributed by atoms with Crippen LogP contribution in [0.2, 0.25) is 0 Å². The zero-order valence-corrected chi connectivity index (χ0v) is 15.0. The maximum atomic E-state index is 12.4. The molecule has 2 heterocycles. The van der Waals surface area contributed by atoms with Crippen molar-refractivity contribution in [3.05, 3.63) is 40.1 Å². The number of pyridine rings is 1. The van der Waals surface area contributed by atoms with Crippen molar-refractivity contribution in [2.24, 2.45) is 0 Å². The second-order valence-corrected chi connectivity index (χ2v) is 6.71. The molecule has 0 unspecified atom stereocenters. The Kier molecular flexibility index (Phi) is 5.65. The van der Waals surface area contributed by atoms with E-state index in [1.54, 1.807) is 6.07 Å². The molecular weight excluding hydrogens is 332 g/mol. The first kappa shape index (κ1) is 18.1. The van der Waals surface area contributed by atoms with Crippen LogP contribution in [-0.4, -0.2) is 40.3 Å². The Morgan fingerprint density at radius 3 is 2.69 bits per heavy atom. The molecule has 0 radical (unpaired) electrons. The van der Waals surface area contributed by atoms with Crippen LogP contribution >= 0.6 is 0 Å². The van der Waals surface area contributed by atoms with Crippen molar-refractivity contribution < 1.29 is 9.72 Å². The summed E-state index contributed by atoms with van der Waals surface area (Å²) >= 11 is 0. The van der Waals surface area contributed by atoms with E-state index >= 15 is 0 Å². The fourth-order valence-electron chi connectivity index (χ4n) is 3.44. The number of para-hydroxylation sites is 1. The van der Waals surface area contributed by atoms with E-state index in [2.05, 4.69) is 10.3 Å². The van der Waals surface area contributed by atoms with Crippen LogP contribution in [0.1, 0.15) is 37.8 Å². The molecule has 1 aromatic heterocycles. The summed E-state index contributed by atoms with van der Waals surface area (Å²) < 4.78 is 0. The van der Waals surface area contributed by atoms with E-state index < -0.39 is 4.92 Å². The van der Waals surface area contributed by atoms with Crippen LogP contribution in [-0.2, 0) is 4.79 Å². The van der Waals surface area contributed by atoms with Gasteiger partial charge in [-0.2, -0.15) is 0 Å². The Balaban J connectivity index is 1.71. The van der Waals surface area contributed by atoms with Gasteiger partial charge in [0.1, 0.15) is 0 Å². The number of carbonyl (C=O) groups excluding carboxylic acids is 1. The topological polar surface area (TPSA) is 88.4 Å². The van der Waals surface area contributed by atoms with E-state index in [1.807, 2.05) is 24.0 Å². The molecule has 3 rings (SSSR count). The van der Waals surface area contributed by atoms with Gasteiger partial charge >= 0.3 is 0 Å². The Labute approximate surface area is 152 Å². The lowest BCUT2D eigenvalue weighted by Crippen LogP contribution is -2.32. The normalized spacial score (nSPS) is 14.9. The Bertz CT molecular complexity index is 814. The predicted molar refractivity (Wildman–Crippen MR) is 101 cm³/mol. The van der Waals surface area contributed by atoms with Crippen molar-refractivity contribution >= 4 is 28.2 Å². The molecule has 1 amide bonds. The summed E-state index contributed by atoms with van der Waals surface area (Å²) in [5.41, 5.74) is 1.85. The molecular formula is C19H24N4O3. The number of nitrogens with one attached hydrogen (secondary N) is 1. The van der Waals surface area contributed by atoms with Crippen molar-refractivity contribution in [3.8, 4) is 0 Å². The first-order chi connectivity index (χ1) is 12.6. The molecule has 0 aliphatic carbocycles. The van der Waals surface area contributed by atoms with Crippen LogP contribution in [0.4, 0.5) is 11.4 Å². The van der Waals surface area contributed by atoms with E-state index in [4.69, 9.17) is 0 Å². The number of aryl methyl sites for hydroxylation is 1. The van der Waals surface area contributed by atoms with Crippen molar-refractivity contribution in [2.75, 3.05) is 25.0 Å². The van der Waals surface area contributed by atoms with Gasteiger partial charge in [0.05, 0.1) is 4.92 Å². The lowest BCUT2D eigenvalue weighted by molar-refractivity contribution is -0.383. The average Bonchev–Trinajstić information content (AvgIpc) is 2.90. The van der Waals surface area contributed by atoms with E-state index in [0.29, 0.717) is 29.6 Å². The Hall–Kier alpha value is -2.70. The summed E-state index contributed by atoms with van der Waals surface area (Å²) in [5.74, 6) is 0.167. The number of nitro benzene ring substituents is 1. The third kappa shape index (κ3) is 4.09. The molecule has 7 nitrogen and oxygen atoms in total. The number of anilines is 1. The summed E-state index contributed by atoms with van der Waals surface area (Å²) in [6.45, 7) is 4.00. The third-order valence-electron chi connectivity index (χ3n) is 4.76. The number of fused-ring (bicyclic) bond motifs is 1. The van der Waals surface area contributed by atoms with Gasteiger partial charge < -0.3 is 10.2 Å². The number of nitro groups is 1. The lowest BCUT2D eigenvalue weighted by atomic mass is 10.1. The van der Waals surface area contributed by atoms with Crippen LogP contribution in [0, 0.1) is 17.0 Å². The number of hydrogen-bond acceptors (Lipinski definition) is 5. The minimum Gasteiger partial charge on any atom is -0.384 e. The van der Waals surface area contributed by atoms with E-state index in [0.717, 1.165) is 31.6 Å². The van der Waals surface area contributed by atoms with Gasteiger partial charge in [0.2, 0.25) is 5.91 Å². The number of nitrogens with zero attached hydrogens (tertiary/aromatic N) is 3. The molecule has 7 heteroatoms. The molecule has 0 spiro atoms. The van der Waals surface area contributed by atoms with Gasteiger partial charge in [-0.05, 0) is 25.8 Å². The monoisotopic (exact) mass is 356 g/mol. The summed E-state index contributed by atoms with van der Waals surface area (Å²) in [7, 11) is 0. The number of hydrogen-bond donors (Lipinski definition) is 1. The fourth-order valence-corrected chi connectivity index (χ4v) is 3.44. The predicted octanol–water partition coefficient (Wildman–Crippen LogP) is 3.66. The summed E-state index contributed by atoms with van der Waals surface area (Å²) in [4.78, 5) is 29.5. The van der Waals surface area contributed by atoms with Crippen molar-refractivity contribution in [1.82, 2.24) is 9.88 Å². The maximum Gasteiger partial charge on any atom is 0.295 e. The minimum absolute atomic E-state index is 0.00473. The number of non-ortho nitro benzene ring substituents is 1. The fraction of sp³-hybridized carbons (Fsp3) is 0.474. The molecule has 1 N–H and O–H groups in total. The highest BCUT2D eigenvalue weighted by Gasteiger charge is 2.17. The molecule has 0 saturated carbocycles. The van der Waals surface area contributed by atoms with Gasteiger partial charge in [0.15, 0.2) is 5.52 Å². The SMILES string of the molecule is Cc1cc(NCCC(=O)N2CCCCCC2)c2cccc([N+](=O)[O-])c2n1. The van der Waals surface area contributed by atoms with Crippen LogP contribution in [0.25, 0.3) is 10.9 Å².